The lowest BCUT2D eigenvalue weighted by atomic mass is 9.77. The molecule has 0 saturated heterocycles. The van der Waals surface area contributed by atoms with Crippen LogP contribution >= 0.6 is 0 Å². The molecule has 0 bridgehead atoms. The van der Waals surface area contributed by atoms with Crippen LogP contribution in [0, 0.1) is 11.6 Å². The van der Waals surface area contributed by atoms with E-state index in [2.05, 4.69) is 10.1 Å². The summed E-state index contributed by atoms with van der Waals surface area (Å²) in [5, 5.41) is 2.60. The standard InChI is InChI=1S/C33H26F9NO3/c1-19(2)45-28-16-22(11-12-27(28)35)31(18-20-7-4-3-5-8-20,43-29(44)21-9-6-10-23(13-21)32(38,39)40)24-14-25(34)17-26(15-24)46-33(41,42)30(36)37/h3-17,19,30H,18H2,1-2H3,(H,43,44). The monoisotopic (exact) mass is 655 g/mol. The molecule has 4 nitrogen and oxygen atoms in total. The van der Waals surface area contributed by atoms with Gasteiger partial charge in [0.25, 0.3) is 5.91 Å². The van der Waals surface area contributed by atoms with E-state index in [1.165, 1.54) is 6.07 Å². The Morgan fingerprint density at radius 3 is 2.11 bits per heavy atom. The average molecular weight is 656 g/mol. The summed E-state index contributed by atoms with van der Waals surface area (Å²) in [7, 11) is 0. The Bertz CT molecular complexity index is 1680. The number of carbonyl (C=O) groups excluding carboxylic acids is 1. The van der Waals surface area contributed by atoms with Crippen molar-refractivity contribution < 1.29 is 53.8 Å². The summed E-state index contributed by atoms with van der Waals surface area (Å²) in [5.74, 6) is -4.58. The zero-order chi connectivity index (χ0) is 33.9. The van der Waals surface area contributed by atoms with Gasteiger partial charge < -0.3 is 14.8 Å². The number of hydrogen-bond acceptors (Lipinski definition) is 3. The van der Waals surface area contributed by atoms with Crippen LogP contribution in [0.3, 0.4) is 0 Å². The van der Waals surface area contributed by atoms with Gasteiger partial charge in [0.1, 0.15) is 11.6 Å². The fourth-order valence-corrected chi connectivity index (χ4v) is 4.75. The summed E-state index contributed by atoms with van der Waals surface area (Å²) in [4.78, 5) is 13.8. The zero-order valence-corrected chi connectivity index (χ0v) is 24.1. The second kappa shape index (κ2) is 13.4. The maximum atomic E-state index is 15.1. The van der Waals surface area contributed by atoms with Crippen LogP contribution in [0.1, 0.15) is 46.5 Å². The van der Waals surface area contributed by atoms with Crippen molar-refractivity contribution >= 4 is 5.91 Å². The van der Waals surface area contributed by atoms with E-state index < -0.39 is 64.8 Å². The van der Waals surface area contributed by atoms with Gasteiger partial charge in [-0.15, -0.1) is 0 Å². The first-order valence-electron chi connectivity index (χ1n) is 13.7. The minimum atomic E-state index is -5.04. The van der Waals surface area contributed by atoms with Crippen LogP contribution in [0.15, 0.2) is 91.0 Å². The molecule has 1 N–H and O–H groups in total. The second-order valence-corrected chi connectivity index (χ2v) is 10.6. The van der Waals surface area contributed by atoms with Crippen LogP contribution in [0.4, 0.5) is 39.5 Å². The molecule has 244 valence electrons. The number of ether oxygens (including phenoxy) is 2. The number of amides is 1. The number of hydrogen-bond donors (Lipinski definition) is 1. The number of carbonyl (C=O) groups is 1. The molecule has 0 aromatic heterocycles. The Morgan fingerprint density at radius 1 is 0.783 bits per heavy atom. The van der Waals surface area contributed by atoms with Crippen molar-refractivity contribution in [2.45, 2.75) is 50.6 Å². The molecule has 0 aliphatic carbocycles. The number of alkyl halides is 7. The lowest BCUT2D eigenvalue weighted by Crippen LogP contribution is -2.49. The molecule has 0 aliphatic rings. The van der Waals surface area contributed by atoms with E-state index in [9.17, 15) is 39.9 Å². The lowest BCUT2D eigenvalue weighted by molar-refractivity contribution is -0.253. The smallest absolute Gasteiger partial charge is 0.461 e. The summed E-state index contributed by atoms with van der Waals surface area (Å²) < 4.78 is 134. The molecule has 0 spiro atoms. The van der Waals surface area contributed by atoms with Crippen molar-refractivity contribution in [1.29, 1.82) is 0 Å². The quantitative estimate of drug-likeness (QED) is 0.164. The molecule has 0 saturated carbocycles. The minimum Gasteiger partial charge on any atom is -0.488 e. The average Bonchev–Trinajstić information content (AvgIpc) is 2.97. The van der Waals surface area contributed by atoms with Crippen LogP contribution in [-0.2, 0) is 18.1 Å². The van der Waals surface area contributed by atoms with Gasteiger partial charge in [0.15, 0.2) is 11.6 Å². The predicted octanol–water partition coefficient (Wildman–Crippen LogP) is 8.92. The number of rotatable bonds is 11. The first kappa shape index (κ1) is 34.2. The van der Waals surface area contributed by atoms with Crippen LogP contribution < -0.4 is 14.8 Å². The SMILES string of the molecule is CC(C)Oc1cc(C(Cc2ccccc2)(NC(=O)c2cccc(C(F)(F)F)c2)c2cc(F)cc(OC(F)(F)C(F)F)c2)ccc1F. The van der Waals surface area contributed by atoms with Gasteiger partial charge in [0, 0.05) is 18.1 Å². The van der Waals surface area contributed by atoms with Crippen molar-refractivity contribution in [3.63, 3.8) is 0 Å². The van der Waals surface area contributed by atoms with E-state index in [0.717, 1.165) is 42.5 Å². The molecule has 0 aliphatic heterocycles. The zero-order valence-electron chi connectivity index (χ0n) is 24.1. The van der Waals surface area contributed by atoms with Gasteiger partial charge in [0.2, 0.25) is 0 Å². The highest BCUT2D eigenvalue weighted by Gasteiger charge is 2.45. The van der Waals surface area contributed by atoms with Crippen LogP contribution in [0.2, 0.25) is 0 Å². The van der Waals surface area contributed by atoms with E-state index in [1.54, 1.807) is 44.2 Å². The van der Waals surface area contributed by atoms with Crippen molar-refractivity contribution in [2.24, 2.45) is 0 Å². The van der Waals surface area contributed by atoms with E-state index in [4.69, 9.17) is 4.74 Å². The van der Waals surface area contributed by atoms with Crippen molar-refractivity contribution in [3.8, 4) is 11.5 Å². The summed E-state index contributed by atoms with van der Waals surface area (Å²) >= 11 is 0. The largest absolute Gasteiger partial charge is 0.488 e. The lowest BCUT2D eigenvalue weighted by Gasteiger charge is -2.37. The Kier molecular flexibility index (Phi) is 9.93. The molecular weight excluding hydrogens is 629 g/mol. The molecule has 1 unspecified atom stereocenters. The molecule has 13 heteroatoms. The van der Waals surface area contributed by atoms with E-state index in [0.29, 0.717) is 17.7 Å². The van der Waals surface area contributed by atoms with Crippen molar-refractivity contribution in [1.82, 2.24) is 5.32 Å². The minimum absolute atomic E-state index is 0.0223. The van der Waals surface area contributed by atoms with Crippen molar-refractivity contribution in [3.05, 3.63) is 130 Å². The Labute approximate surface area is 257 Å². The molecule has 0 radical (unpaired) electrons. The summed E-state index contributed by atoms with van der Waals surface area (Å²) in [5.41, 5.74) is -3.64. The van der Waals surface area contributed by atoms with Gasteiger partial charge in [0.05, 0.1) is 17.2 Å². The first-order chi connectivity index (χ1) is 21.5. The third kappa shape index (κ3) is 7.93. The molecule has 1 amide bonds. The van der Waals surface area contributed by atoms with Gasteiger partial charge in [-0.3, -0.25) is 4.79 Å². The Balaban J connectivity index is 2.01. The normalized spacial score (nSPS) is 13.4. The van der Waals surface area contributed by atoms with Crippen LogP contribution in [0.5, 0.6) is 11.5 Å². The molecule has 1 atom stereocenters. The number of halogens is 9. The van der Waals surface area contributed by atoms with Crippen LogP contribution in [-0.4, -0.2) is 24.5 Å². The van der Waals surface area contributed by atoms with Gasteiger partial charge in [-0.1, -0.05) is 42.5 Å². The highest BCUT2D eigenvalue weighted by molar-refractivity contribution is 5.95. The fourth-order valence-electron chi connectivity index (χ4n) is 4.75. The highest BCUT2D eigenvalue weighted by atomic mass is 19.4. The molecule has 4 rings (SSSR count). The number of nitrogens with one attached hydrogen (secondary N) is 1. The van der Waals surface area contributed by atoms with E-state index in [-0.39, 0.29) is 23.3 Å². The molecule has 46 heavy (non-hydrogen) atoms. The van der Waals surface area contributed by atoms with Gasteiger partial charge >= 0.3 is 18.7 Å². The summed E-state index contributed by atoms with van der Waals surface area (Å²) in [6.07, 6.45) is -15.0. The third-order valence-corrected chi connectivity index (χ3v) is 6.75. The fraction of sp³-hybridized carbons (Fsp3) is 0.242. The second-order valence-electron chi connectivity index (χ2n) is 10.6. The molecule has 0 fully saturated rings. The highest BCUT2D eigenvalue weighted by Crippen LogP contribution is 2.40. The third-order valence-electron chi connectivity index (χ3n) is 6.75. The van der Waals surface area contributed by atoms with Crippen molar-refractivity contribution in [2.75, 3.05) is 0 Å². The molecule has 4 aromatic rings. The maximum Gasteiger partial charge on any atom is 0.461 e. The van der Waals surface area contributed by atoms with Gasteiger partial charge in [-0.05, 0) is 73.0 Å². The topological polar surface area (TPSA) is 47.6 Å². The van der Waals surface area contributed by atoms with E-state index in [1.807, 2.05) is 0 Å². The Hall–Kier alpha value is -4.68. The van der Waals surface area contributed by atoms with Crippen LogP contribution in [0.25, 0.3) is 0 Å². The summed E-state index contributed by atoms with van der Waals surface area (Å²) in [6.45, 7) is 3.19. The van der Waals surface area contributed by atoms with Gasteiger partial charge in [-0.2, -0.15) is 30.7 Å². The first-order valence-corrected chi connectivity index (χ1v) is 13.7. The maximum absolute atomic E-state index is 15.1. The Morgan fingerprint density at radius 2 is 1.48 bits per heavy atom. The molecule has 0 heterocycles. The predicted molar refractivity (Wildman–Crippen MR) is 150 cm³/mol. The summed E-state index contributed by atoms with van der Waals surface area (Å²) in [6, 6.07) is 16.7. The molecule has 4 aromatic carbocycles. The number of benzene rings is 4. The van der Waals surface area contributed by atoms with Gasteiger partial charge in [-0.25, -0.2) is 8.78 Å². The van der Waals surface area contributed by atoms with E-state index >= 15 is 4.39 Å². The molecular formula is C33H26F9NO3.